The molecule has 21 heavy (non-hydrogen) atoms. The van der Waals surface area contributed by atoms with Gasteiger partial charge in [0.15, 0.2) is 0 Å². The summed E-state index contributed by atoms with van der Waals surface area (Å²) in [6.45, 7) is 3.31. The van der Waals surface area contributed by atoms with E-state index in [0.29, 0.717) is 6.04 Å². The van der Waals surface area contributed by atoms with E-state index >= 15 is 0 Å². The summed E-state index contributed by atoms with van der Waals surface area (Å²) in [5.41, 5.74) is 8.81. The zero-order chi connectivity index (χ0) is 14.8. The molecule has 1 aliphatic heterocycles. The SMILES string of the molecule is CCC(N)Cc1cccc(Cl)c1N1CCCC2CCCC21. The van der Waals surface area contributed by atoms with E-state index in [2.05, 4.69) is 24.0 Å². The standard InChI is InChI=1S/C18H27ClN2/c1-2-15(20)12-14-7-3-9-16(19)18(14)21-11-5-8-13-6-4-10-17(13)21/h3,7,9,13,15,17H,2,4-6,8,10-12,20H2,1H3. The van der Waals surface area contributed by atoms with Gasteiger partial charge in [-0.25, -0.2) is 0 Å². The molecule has 1 saturated heterocycles. The predicted molar refractivity (Wildman–Crippen MR) is 91.1 cm³/mol. The lowest BCUT2D eigenvalue weighted by Crippen LogP contribution is -2.43. The van der Waals surface area contributed by atoms with Crippen molar-refractivity contribution in [2.75, 3.05) is 11.4 Å². The van der Waals surface area contributed by atoms with Crippen molar-refractivity contribution in [1.82, 2.24) is 0 Å². The Morgan fingerprint density at radius 2 is 2.10 bits per heavy atom. The second kappa shape index (κ2) is 6.58. The van der Waals surface area contributed by atoms with Gasteiger partial charge >= 0.3 is 0 Å². The number of para-hydroxylation sites is 1. The Labute approximate surface area is 133 Å². The first-order valence-electron chi connectivity index (χ1n) is 8.50. The lowest BCUT2D eigenvalue weighted by atomic mass is 9.90. The summed E-state index contributed by atoms with van der Waals surface area (Å²) >= 11 is 6.60. The quantitative estimate of drug-likeness (QED) is 0.894. The van der Waals surface area contributed by atoms with E-state index in [1.807, 2.05) is 6.07 Å². The summed E-state index contributed by atoms with van der Waals surface area (Å²) in [4.78, 5) is 2.61. The van der Waals surface area contributed by atoms with Crippen molar-refractivity contribution in [3.8, 4) is 0 Å². The fraction of sp³-hybridized carbons (Fsp3) is 0.667. The first-order chi connectivity index (χ1) is 10.2. The van der Waals surface area contributed by atoms with Gasteiger partial charge in [0, 0.05) is 18.6 Å². The van der Waals surface area contributed by atoms with Gasteiger partial charge in [-0.3, -0.25) is 0 Å². The van der Waals surface area contributed by atoms with Crippen LogP contribution in [-0.4, -0.2) is 18.6 Å². The molecule has 1 aromatic rings. The van der Waals surface area contributed by atoms with Gasteiger partial charge in [-0.05, 0) is 56.1 Å². The molecule has 1 aromatic carbocycles. The van der Waals surface area contributed by atoms with Gasteiger partial charge in [0.25, 0.3) is 0 Å². The van der Waals surface area contributed by atoms with Crippen LogP contribution in [0.15, 0.2) is 18.2 Å². The number of piperidine rings is 1. The minimum absolute atomic E-state index is 0.228. The molecule has 1 aliphatic carbocycles. The first kappa shape index (κ1) is 15.2. The number of halogens is 1. The Kier molecular flexibility index (Phi) is 4.75. The van der Waals surface area contributed by atoms with Crippen LogP contribution in [0.25, 0.3) is 0 Å². The minimum atomic E-state index is 0.228. The molecule has 2 fully saturated rings. The molecule has 2 nitrogen and oxygen atoms in total. The maximum Gasteiger partial charge on any atom is 0.0642 e. The molecule has 3 heteroatoms. The van der Waals surface area contributed by atoms with Crippen LogP contribution in [0.2, 0.25) is 5.02 Å². The summed E-state index contributed by atoms with van der Waals surface area (Å²) in [6, 6.07) is 7.26. The number of hydrogen-bond acceptors (Lipinski definition) is 2. The average Bonchev–Trinajstić information content (AvgIpc) is 2.96. The summed E-state index contributed by atoms with van der Waals surface area (Å²) < 4.78 is 0. The summed E-state index contributed by atoms with van der Waals surface area (Å²) in [7, 11) is 0. The van der Waals surface area contributed by atoms with E-state index in [1.165, 1.54) is 43.4 Å². The van der Waals surface area contributed by atoms with Crippen molar-refractivity contribution in [1.29, 1.82) is 0 Å². The fourth-order valence-electron chi connectivity index (χ4n) is 4.20. The molecule has 2 N–H and O–H groups in total. The Morgan fingerprint density at radius 3 is 2.90 bits per heavy atom. The Hall–Kier alpha value is -0.730. The third-order valence-electron chi connectivity index (χ3n) is 5.36. The molecule has 1 heterocycles. The highest BCUT2D eigenvalue weighted by Gasteiger charge is 2.36. The summed E-state index contributed by atoms with van der Waals surface area (Å²) in [5, 5.41) is 0.906. The Bertz CT molecular complexity index is 488. The van der Waals surface area contributed by atoms with Crippen LogP contribution in [0.5, 0.6) is 0 Å². The molecule has 0 bridgehead atoms. The number of hydrogen-bond donors (Lipinski definition) is 1. The molecular formula is C18H27ClN2. The second-order valence-electron chi connectivity index (χ2n) is 6.71. The molecule has 116 valence electrons. The van der Waals surface area contributed by atoms with E-state index in [1.54, 1.807) is 0 Å². The highest BCUT2D eigenvalue weighted by molar-refractivity contribution is 6.33. The molecule has 2 aliphatic rings. The van der Waals surface area contributed by atoms with E-state index < -0.39 is 0 Å². The van der Waals surface area contributed by atoms with Crippen molar-refractivity contribution >= 4 is 17.3 Å². The van der Waals surface area contributed by atoms with Crippen LogP contribution in [0.4, 0.5) is 5.69 Å². The molecule has 0 amide bonds. The van der Waals surface area contributed by atoms with E-state index in [-0.39, 0.29) is 6.04 Å². The predicted octanol–water partition coefficient (Wildman–Crippen LogP) is 4.39. The highest BCUT2D eigenvalue weighted by Crippen LogP contribution is 2.42. The third kappa shape index (κ3) is 3.07. The topological polar surface area (TPSA) is 29.3 Å². The third-order valence-corrected chi connectivity index (χ3v) is 5.66. The Balaban J connectivity index is 1.92. The summed E-state index contributed by atoms with van der Waals surface area (Å²) in [5.74, 6) is 0.878. The molecule has 0 spiro atoms. The average molecular weight is 307 g/mol. The molecule has 3 unspecified atom stereocenters. The molecule has 0 aromatic heterocycles. The number of nitrogens with zero attached hydrogens (tertiary/aromatic N) is 1. The zero-order valence-corrected chi connectivity index (χ0v) is 13.8. The van der Waals surface area contributed by atoms with Crippen LogP contribution >= 0.6 is 11.6 Å². The van der Waals surface area contributed by atoms with Crippen LogP contribution in [0.1, 0.15) is 51.0 Å². The highest BCUT2D eigenvalue weighted by atomic mass is 35.5. The van der Waals surface area contributed by atoms with Gasteiger partial charge < -0.3 is 10.6 Å². The van der Waals surface area contributed by atoms with E-state index in [0.717, 1.165) is 30.3 Å². The molecular weight excluding hydrogens is 280 g/mol. The van der Waals surface area contributed by atoms with Gasteiger partial charge in [-0.1, -0.05) is 37.1 Å². The van der Waals surface area contributed by atoms with Gasteiger partial charge in [-0.15, -0.1) is 0 Å². The van der Waals surface area contributed by atoms with Crippen molar-refractivity contribution in [3.63, 3.8) is 0 Å². The monoisotopic (exact) mass is 306 g/mol. The Morgan fingerprint density at radius 1 is 1.29 bits per heavy atom. The van der Waals surface area contributed by atoms with Crippen LogP contribution < -0.4 is 10.6 Å². The lowest BCUT2D eigenvalue weighted by Gasteiger charge is -2.41. The first-order valence-corrected chi connectivity index (χ1v) is 8.88. The van der Waals surface area contributed by atoms with E-state index in [4.69, 9.17) is 17.3 Å². The maximum atomic E-state index is 6.60. The normalized spacial score (nSPS) is 26.7. The number of nitrogens with two attached hydrogens (primary N) is 1. The molecule has 1 saturated carbocycles. The fourth-order valence-corrected chi connectivity index (χ4v) is 4.51. The van der Waals surface area contributed by atoms with Crippen LogP contribution in [-0.2, 0) is 6.42 Å². The smallest absolute Gasteiger partial charge is 0.0642 e. The largest absolute Gasteiger partial charge is 0.367 e. The number of rotatable bonds is 4. The number of anilines is 1. The second-order valence-corrected chi connectivity index (χ2v) is 7.12. The van der Waals surface area contributed by atoms with Gasteiger partial charge in [0.1, 0.15) is 0 Å². The lowest BCUT2D eigenvalue weighted by molar-refractivity contribution is 0.362. The number of fused-ring (bicyclic) bond motifs is 1. The molecule has 0 radical (unpaired) electrons. The van der Waals surface area contributed by atoms with Crippen molar-refractivity contribution in [2.24, 2.45) is 11.7 Å². The van der Waals surface area contributed by atoms with Gasteiger partial charge in [0.05, 0.1) is 10.7 Å². The van der Waals surface area contributed by atoms with Gasteiger partial charge in [0.2, 0.25) is 0 Å². The van der Waals surface area contributed by atoms with Crippen molar-refractivity contribution < 1.29 is 0 Å². The molecule has 3 rings (SSSR count). The number of benzene rings is 1. The van der Waals surface area contributed by atoms with Gasteiger partial charge in [-0.2, -0.15) is 0 Å². The minimum Gasteiger partial charge on any atom is -0.367 e. The molecule has 3 atom stereocenters. The van der Waals surface area contributed by atoms with Crippen LogP contribution in [0.3, 0.4) is 0 Å². The maximum absolute atomic E-state index is 6.60. The van der Waals surface area contributed by atoms with Crippen molar-refractivity contribution in [2.45, 2.75) is 64.0 Å². The van der Waals surface area contributed by atoms with Crippen LogP contribution in [0, 0.1) is 5.92 Å². The zero-order valence-electron chi connectivity index (χ0n) is 13.0. The van der Waals surface area contributed by atoms with Crippen molar-refractivity contribution in [3.05, 3.63) is 28.8 Å². The van der Waals surface area contributed by atoms with E-state index in [9.17, 15) is 0 Å². The summed E-state index contributed by atoms with van der Waals surface area (Å²) in [6.07, 6.45) is 8.74.